The summed E-state index contributed by atoms with van der Waals surface area (Å²) in [5, 5.41) is 0. The van der Waals surface area contributed by atoms with E-state index in [4.69, 9.17) is 17.0 Å². The van der Waals surface area contributed by atoms with Crippen molar-refractivity contribution in [2.75, 3.05) is 7.11 Å². The second-order valence-electron chi connectivity index (χ2n) is 4.93. The fourth-order valence-corrected chi connectivity index (χ4v) is 3.04. The van der Waals surface area contributed by atoms with Crippen LogP contribution in [-0.4, -0.2) is 16.7 Å². The van der Waals surface area contributed by atoms with E-state index >= 15 is 0 Å². The van der Waals surface area contributed by atoms with Crippen LogP contribution in [0.2, 0.25) is 0 Å². The third-order valence-electron chi connectivity index (χ3n) is 3.74. The van der Waals surface area contributed by atoms with E-state index in [1.807, 2.05) is 24.3 Å². The van der Waals surface area contributed by atoms with Gasteiger partial charge in [0.1, 0.15) is 10.4 Å². The van der Waals surface area contributed by atoms with Crippen LogP contribution >= 0.6 is 12.2 Å². The van der Waals surface area contributed by atoms with Crippen LogP contribution in [0, 0.1) is 4.64 Å². The van der Waals surface area contributed by atoms with Crippen molar-refractivity contribution in [3.8, 4) is 11.4 Å². The SMILES string of the molecule is COc1ccc(-n2c3c(c(=S)[nH]c2=O)CCCC3)cc1. The van der Waals surface area contributed by atoms with Gasteiger partial charge in [-0.25, -0.2) is 4.79 Å². The smallest absolute Gasteiger partial charge is 0.331 e. The molecule has 1 aliphatic carbocycles. The van der Waals surface area contributed by atoms with Gasteiger partial charge in [0.05, 0.1) is 12.8 Å². The van der Waals surface area contributed by atoms with Crippen LogP contribution in [0.5, 0.6) is 5.75 Å². The number of hydrogen-bond donors (Lipinski definition) is 1. The van der Waals surface area contributed by atoms with E-state index in [0.717, 1.165) is 48.4 Å². The molecule has 0 atom stereocenters. The molecule has 4 nitrogen and oxygen atoms in total. The molecule has 0 saturated carbocycles. The lowest BCUT2D eigenvalue weighted by Gasteiger charge is -2.20. The first-order valence-corrected chi connectivity index (χ1v) is 7.13. The van der Waals surface area contributed by atoms with Crippen LogP contribution in [-0.2, 0) is 12.8 Å². The van der Waals surface area contributed by atoms with Gasteiger partial charge in [-0.3, -0.25) is 9.55 Å². The molecule has 0 fully saturated rings. The van der Waals surface area contributed by atoms with Gasteiger partial charge in [-0.1, -0.05) is 12.2 Å². The molecular formula is C15H16N2O2S. The number of rotatable bonds is 2. The van der Waals surface area contributed by atoms with Gasteiger partial charge in [0.15, 0.2) is 0 Å². The number of hydrogen-bond acceptors (Lipinski definition) is 3. The quantitative estimate of drug-likeness (QED) is 0.864. The van der Waals surface area contributed by atoms with E-state index in [2.05, 4.69) is 4.98 Å². The van der Waals surface area contributed by atoms with Gasteiger partial charge in [0, 0.05) is 11.3 Å². The van der Waals surface area contributed by atoms with Crippen molar-refractivity contribution in [2.45, 2.75) is 25.7 Å². The second-order valence-corrected chi connectivity index (χ2v) is 5.33. The van der Waals surface area contributed by atoms with Crippen molar-refractivity contribution in [1.29, 1.82) is 0 Å². The standard InChI is InChI=1S/C15H16N2O2S/c1-19-11-8-6-10(7-9-11)17-13-5-3-2-4-12(13)14(20)16-15(17)18/h6-9H,2-5H2,1H3,(H,16,18,20). The molecule has 0 saturated heterocycles. The molecule has 2 aromatic rings. The highest BCUT2D eigenvalue weighted by Gasteiger charge is 2.17. The molecular weight excluding hydrogens is 272 g/mol. The summed E-state index contributed by atoms with van der Waals surface area (Å²) >= 11 is 5.29. The molecule has 1 aromatic heterocycles. The molecule has 1 heterocycles. The summed E-state index contributed by atoms with van der Waals surface area (Å²) in [6.07, 6.45) is 4.07. The number of methoxy groups -OCH3 is 1. The fourth-order valence-electron chi connectivity index (χ4n) is 2.74. The Hall–Kier alpha value is -1.88. The molecule has 0 radical (unpaired) electrons. The average Bonchev–Trinajstić information content (AvgIpc) is 2.48. The normalized spacial score (nSPS) is 13.8. The maximum Gasteiger partial charge on any atom is 0.331 e. The van der Waals surface area contributed by atoms with E-state index in [9.17, 15) is 4.79 Å². The average molecular weight is 288 g/mol. The Bertz CT molecular complexity index is 744. The number of aromatic amines is 1. The summed E-state index contributed by atoms with van der Waals surface area (Å²) in [6, 6.07) is 7.51. The first-order valence-electron chi connectivity index (χ1n) is 6.72. The molecule has 0 unspecified atom stereocenters. The Morgan fingerprint density at radius 2 is 1.90 bits per heavy atom. The second kappa shape index (κ2) is 5.25. The van der Waals surface area contributed by atoms with E-state index in [1.54, 1.807) is 11.7 Å². The monoisotopic (exact) mass is 288 g/mol. The van der Waals surface area contributed by atoms with Gasteiger partial charge >= 0.3 is 5.69 Å². The van der Waals surface area contributed by atoms with Crippen LogP contribution in [0.15, 0.2) is 29.1 Å². The largest absolute Gasteiger partial charge is 0.497 e. The number of benzene rings is 1. The van der Waals surface area contributed by atoms with Gasteiger partial charge in [-0.15, -0.1) is 0 Å². The summed E-state index contributed by atoms with van der Waals surface area (Å²) in [6.45, 7) is 0. The molecule has 0 aliphatic heterocycles. The predicted molar refractivity (Wildman–Crippen MR) is 80.4 cm³/mol. The molecule has 3 rings (SSSR count). The maximum absolute atomic E-state index is 12.3. The predicted octanol–water partition coefficient (Wildman–Crippen LogP) is 2.78. The number of H-pyrrole nitrogens is 1. The van der Waals surface area contributed by atoms with Crippen LogP contribution in [0.3, 0.4) is 0 Å². The van der Waals surface area contributed by atoms with Crippen molar-refractivity contribution in [2.24, 2.45) is 0 Å². The van der Waals surface area contributed by atoms with Crippen molar-refractivity contribution in [1.82, 2.24) is 9.55 Å². The number of ether oxygens (including phenoxy) is 1. The zero-order chi connectivity index (χ0) is 14.1. The summed E-state index contributed by atoms with van der Waals surface area (Å²) < 4.78 is 7.49. The summed E-state index contributed by atoms with van der Waals surface area (Å²) in [5.41, 5.74) is 2.85. The van der Waals surface area contributed by atoms with Gasteiger partial charge in [0.25, 0.3) is 0 Å². The molecule has 0 amide bonds. The Morgan fingerprint density at radius 3 is 2.60 bits per heavy atom. The lowest BCUT2D eigenvalue weighted by atomic mass is 9.97. The summed E-state index contributed by atoms with van der Waals surface area (Å²) in [7, 11) is 1.63. The van der Waals surface area contributed by atoms with Crippen LogP contribution < -0.4 is 10.4 Å². The Kier molecular flexibility index (Phi) is 3.44. The van der Waals surface area contributed by atoms with Crippen LogP contribution in [0.4, 0.5) is 0 Å². The third kappa shape index (κ3) is 2.18. The highest BCUT2D eigenvalue weighted by atomic mass is 32.1. The topological polar surface area (TPSA) is 47.0 Å². The lowest BCUT2D eigenvalue weighted by Crippen LogP contribution is -2.28. The molecule has 1 N–H and O–H groups in total. The summed E-state index contributed by atoms with van der Waals surface area (Å²) in [4.78, 5) is 15.1. The zero-order valence-electron chi connectivity index (χ0n) is 11.3. The van der Waals surface area contributed by atoms with Crippen molar-refractivity contribution in [3.05, 3.63) is 50.6 Å². The van der Waals surface area contributed by atoms with Crippen molar-refractivity contribution >= 4 is 12.2 Å². The third-order valence-corrected chi connectivity index (χ3v) is 4.09. The zero-order valence-corrected chi connectivity index (χ0v) is 12.1. The first kappa shape index (κ1) is 13.1. The highest BCUT2D eigenvalue weighted by Crippen LogP contribution is 2.23. The molecule has 0 spiro atoms. The first-order chi connectivity index (χ1) is 9.70. The van der Waals surface area contributed by atoms with Gasteiger partial charge in [-0.05, 0) is 49.9 Å². The highest BCUT2D eigenvalue weighted by molar-refractivity contribution is 7.71. The Labute approximate surface area is 122 Å². The number of nitrogens with zero attached hydrogens (tertiary/aromatic N) is 1. The molecule has 0 bridgehead atoms. The number of aromatic nitrogens is 2. The Balaban J connectivity index is 2.22. The minimum atomic E-state index is -0.166. The fraction of sp³-hybridized carbons (Fsp3) is 0.333. The number of fused-ring (bicyclic) bond motifs is 1. The van der Waals surface area contributed by atoms with Gasteiger partial charge < -0.3 is 4.74 Å². The summed E-state index contributed by atoms with van der Waals surface area (Å²) in [5.74, 6) is 0.777. The molecule has 1 aliphatic rings. The van der Waals surface area contributed by atoms with Crippen LogP contribution in [0.1, 0.15) is 24.1 Å². The molecule has 5 heteroatoms. The van der Waals surface area contributed by atoms with E-state index < -0.39 is 0 Å². The van der Waals surface area contributed by atoms with Crippen molar-refractivity contribution in [3.63, 3.8) is 0 Å². The molecule has 20 heavy (non-hydrogen) atoms. The van der Waals surface area contributed by atoms with E-state index in [1.165, 1.54) is 0 Å². The van der Waals surface area contributed by atoms with E-state index in [-0.39, 0.29) is 5.69 Å². The minimum Gasteiger partial charge on any atom is -0.497 e. The molecule has 104 valence electrons. The maximum atomic E-state index is 12.3. The number of nitrogens with one attached hydrogen (secondary N) is 1. The van der Waals surface area contributed by atoms with Crippen molar-refractivity contribution < 1.29 is 4.74 Å². The minimum absolute atomic E-state index is 0.166. The van der Waals surface area contributed by atoms with Gasteiger partial charge in [0.2, 0.25) is 0 Å². The lowest BCUT2D eigenvalue weighted by molar-refractivity contribution is 0.414. The van der Waals surface area contributed by atoms with Gasteiger partial charge in [-0.2, -0.15) is 0 Å². The van der Waals surface area contributed by atoms with E-state index in [0.29, 0.717) is 4.64 Å². The Morgan fingerprint density at radius 1 is 1.20 bits per heavy atom. The van der Waals surface area contributed by atoms with Crippen LogP contribution in [0.25, 0.3) is 5.69 Å². The molecule has 1 aromatic carbocycles.